The molecule has 0 radical (unpaired) electrons. The average molecular weight is 377 g/mol. The third-order valence-electron chi connectivity index (χ3n) is 5.71. The van der Waals surface area contributed by atoms with Gasteiger partial charge in [-0.25, -0.2) is 0 Å². The van der Waals surface area contributed by atoms with E-state index in [9.17, 15) is 5.11 Å². The number of nitrogens with zero attached hydrogens (tertiary/aromatic N) is 3. The van der Waals surface area contributed by atoms with E-state index in [0.717, 1.165) is 45.2 Å². The lowest BCUT2D eigenvalue weighted by Crippen LogP contribution is -2.52. The molecule has 3 atom stereocenters. The van der Waals surface area contributed by atoms with Gasteiger partial charge in [-0.2, -0.15) is 4.98 Å². The number of rotatable bonds is 6. The van der Waals surface area contributed by atoms with Gasteiger partial charge in [-0.15, -0.1) is 0 Å². The second kappa shape index (κ2) is 8.93. The quantitative estimate of drug-likeness (QED) is 0.446. The number of aromatic nitrogens is 2. The third-order valence-corrected chi connectivity index (χ3v) is 5.71. The van der Waals surface area contributed by atoms with E-state index in [1.54, 1.807) is 13.8 Å². The zero-order valence-corrected chi connectivity index (χ0v) is 16.4. The minimum absolute atomic E-state index is 0.213. The highest BCUT2D eigenvalue weighted by Crippen LogP contribution is 2.25. The lowest BCUT2D eigenvalue weighted by molar-refractivity contribution is 0.0796. The molecule has 1 saturated carbocycles. The van der Waals surface area contributed by atoms with E-state index in [2.05, 4.69) is 20.4 Å². The first-order valence-electron chi connectivity index (χ1n) is 10.1. The maximum atomic E-state index is 10.2. The molecule has 2 fully saturated rings. The molecule has 1 saturated heterocycles. The topological polar surface area (TPSA) is 122 Å². The predicted octanol–water partition coefficient (Wildman–Crippen LogP) is 2.23. The molecule has 150 valence electrons. The Morgan fingerprint density at radius 3 is 2.56 bits per heavy atom. The number of amidine groups is 1. The maximum Gasteiger partial charge on any atom is 0.223 e. The van der Waals surface area contributed by atoms with E-state index in [4.69, 9.17) is 15.3 Å². The number of nitrogens with one attached hydrogen (secondary N) is 3. The molecule has 0 amide bonds. The monoisotopic (exact) mass is 376 g/mol. The van der Waals surface area contributed by atoms with Crippen LogP contribution in [-0.4, -0.2) is 63.0 Å². The molecule has 8 heteroatoms. The van der Waals surface area contributed by atoms with Crippen LogP contribution in [0.15, 0.2) is 4.52 Å². The van der Waals surface area contributed by atoms with Crippen LogP contribution in [0.5, 0.6) is 0 Å². The molecule has 1 aliphatic carbocycles. The highest BCUT2D eigenvalue weighted by atomic mass is 16.5. The summed E-state index contributed by atoms with van der Waals surface area (Å²) in [5.74, 6) is 1.12. The predicted molar refractivity (Wildman–Crippen MR) is 104 cm³/mol. The molecule has 4 N–H and O–H groups in total. The Bertz CT molecular complexity index is 652. The Hall–Kier alpha value is -1.80. The molecule has 3 rings (SSSR count). The third kappa shape index (κ3) is 5.13. The van der Waals surface area contributed by atoms with Crippen molar-refractivity contribution in [1.29, 1.82) is 10.8 Å². The van der Waals surface area contributed by atoms with Crippen molar-refractivity contribution < 1.29 is 9.63 Å². The zero-order valence-electron chi connectivity index (χ0n) is 16.4. The van der Waals surface area contributed by atoms with E-state index in [1.165, 1.54) is 6.42 Å². The number of likely N-dealkylation sites (tertiary alicyclic amines) is 1. The van der Waals surface area contributed by atoms with Gasteiger partial charge in [0.2, 0.25) is 5.89 Å². The van der Waals surface area contributed by atoms with E-state index in [1.807, 2.05) is 0 Å². The van der Waals surface area contributed by atoms with Crippen LogP contribution < -0.4 is 5.32 Å². The second-order valence-electron chi connectivity index (χ2n) is 7.98. The molecule has 1 unspecified atom stereocenters. The first kappa shape index (κ1) is 19.9. The summed E-state index contributed by atoms with van der Waals surface area (Å²) in [6.07, 6.45) is 6.37. The average Bonchev–Trinajstić information content (AvgIpc) is 3.08. The highest BCUT2D eigenvalue weighted by Gasteiger charge is 2.31. The molecule has 1 aromatic heterocycles. The van der Waals surface area contributed by atoms with Crippen LogP contribution in [0.2, 0.25) is 0 Å². The number of piperidine rings is 1. The minimum atomic E-state index is -0.329. The summed E-state index contributed by atoms with van der Waals surface area (Å²) in [4.78, 5) is 6.38. The lowest BCUT2D eigenvalue weighted by Gasteiger charge is -2.39. The molecule has 8 nitrogen and oxygen atoms in total. The van der Waals surface area contributed by atoms with E-state index in [-0.39, 0.29) is 18.1 Å². The molecule has 0 aromatic carbocycles. The van der Waals surface area contributed by atoms with Gasteiger partial charge in [0, 0.05) is 44.2 Å². The largest absolute Gasteiger partial charge is 0.392 e. The SMILES string of the molecule is CC(=N)CC(C(=N)N1CCC(N[C@H]2CCCC[C@@H]2O)CC1)c1noc(C)n1. The van der Waals surface area contributed by atoms with Gasteiger partial charge in [-0.05, 0) is 32.6 Å². The smallest absolute Gasteiger partial charge is 0.223 e. The van der Waals surface area contributed by atoms with E-state index in [0.29, 0.717) is 35.7 Å². The number of aryl methyl sites for hydroxylation is 1. The van der Waals surface area contributed by atoms with Crippen molar-refractivity contribution in [3.63, 3.8) is 0 Å². The Balaban J connectivity index is 1.56. The minimum Gasteiger partial charge on any atom is -0.392 e. The van der Waals surface area contributed by atoms with E-state index < -0.39 is 0 Å². The normalized spacial score (nSPS) is 25.4. The summed E-state index contributed by atoms with van der Waals surface area (Å²) in [5.41, 5.74) is 0.509. The summed E-state index contributed by atoms with van der Waals surface area (Å²) in [7, 11) is 0. The summed E-state index contributed by atoms with van der Waals surface area (Å²) < 4.78 is 5.10. The fraction of sp³-hybridized carbons (Fsp3) is 0.789. The van der Waals surface area contributed by atoms with Crippen LogP contribution in [0.3, 0.4) is 0 Å². The van der Waals surface area contributed by atoms with Crippen LogP contribution in [-0.2, 0) is 0 Å². The first-order chi connectivity index (χ1) is 12.9. The van der Waals surface area contributed by atoms with E-state index >= 15 is 0 Å². The van der Waals surface area contributed by atoms with Gasteiger partial charge in [-0.1, -0.05) is 18.0 Å². The Morgan fingerprint density at radius 2 is 1.96 bits per heavy atom. The van der Waals surface area contributed by atoms with Crippen molar-refractivity contribution >= 4 is 11.5 Å². The van der Waals surface area contributed by atoms with Crippen molar-refractivity contribution in [2.75, 3.05) is 13.1 Å². The Kier molecular flexibility index (Phi) is 6.59. The lowest BCUT2D eigenvalue weighted by atomic mass is 9.90. The van der Waals surface area contributed by atoms with Crippen LogP contribution in [0, 0.1) is 17.7 Å². The van der Waals surface area contributed by atoms with Crippen molar-refractivity contribution in [3.05, 3.63) is 11.7 Å². The zero-order chi connectivity index (χ0) is 19.4. The number of aliphatic hydroxyl groups excluding tert-OH is 1. The highest BCUT2D eigenvalue weighted by molar-refractivity contribution is 5.91. The van der Waals surface area contributed by atoms with Crippen molar-refractivity contribution in [1.82, 2.24) is 20.4 Å². The van der Waals surface area contributed by atoms with Crippen molar-refractivity contribution in [3.8, 4) is 0 Å². The summed E-state index contributed by atoms with van der Waals surface area (Å²) in [6.45, 7) is 5.08. The molecule has 27 heavy (non-hydrogen) atoms. The fourth-order valence-corrected chi connectivity index (χ4v) is 4.19. The summed E-state index contributed by atoms with van der Waals surface area (Å²) in [6, 6.07) is 0.604. The van der Waals surface area contributed by atoms with Gasteiger partial charge in [0.05, 0.1) is 12.0 Å². The van der Waals surface area contributed by atoms with Gasteiger partial charge < -0.3 is 25.3 Å². The van der Waals surface area contributed by atoms with Crippen LogP contribution in [0.1, 0.15) is 69.5 Å². The standard InChI is InChI=1S/C19H32N6O2/c1-12(20)11-15(19-22-13(2)27-24-19)18(21)25-9-7-14(8-10-25)23-16-5-3-4-6-17(16)26/h14-17,20-21,23,26H,3-11H2,1-2H3/t15?,16-,17-/m0/s1. The molecule has 1 aromatic rings. The second-order valence-corrected chi connectivity index (χ2v) is 7.98. The Labute approximate surface area is 160 Å². The van der Waals surface area contributed by atoms with Crippen LogP contribution in [0.25, 0.3) is 0 Å². The van der Waals surface area contributed by atoms with Crippen molar-refractivity contribution in [2.24, 2.45) is 0 Å². The molecule has 0 bridgehead atoms. The van der Waals surface area contributed by atoms with Gasteiger partial charge in [0.1, 0.15) is 5.84 Å². The number of hydrogen-bond acceptors (Lipinski definition) is 7. The molecule has 0 spiro atoms. The number of aliphatic hydroxyl groups is 1. The van der Waals surface area contributed by atoms with Crippen molar-refractivity contribution in [2.45, 2.75) is 82.9 Å². The van der Waals surface area contributed by atoms with Gasteiger partial charge in [0.25, 0.3) is 0 Å². The molecule has 2 aliphatic rings. The molecular weight excluding hydrogens is 344 g/mol. The number of hydrogen-bond donors (Lipinski definition) is 4. The van der Waals surface area contributed by atoms with Gasteiger partial charge in [0.15, 0.2) is 5.82 Å². The first-order valence-corrected chi connectivity index (χ1v) is 10.1. The molecule has 2 heterocycles. The molecular formula is C19H32N6O2. The maximum absolute atomic E-state index is 10.2. The summed E-state index contributed by atoms with van der Waals surface area (Å²) in [5, 5.41) is 34.3. The van der Waals surface area contributed by atoms with Gasteiger partial charge >= 0.3 is 0 Å². The Morgan fingerprint density at radius 1 is 1.26 bits per heavy atom. The van der Waals surface area contributed by atoms with Crippen LogP contribution in [0.4, 0.5) is 0 Å². The van der Waals surface area contributed by atoms with Gasteiger partial charge in [-0.3, -0.25) is 5.41 Å². The molecule has 1 aliphatic heterocycles. The summed E-state index contributed by atoms with van der Waals surface area (Å²) >= 11 is 0. The fourth-order valence-electron chi connectivity index (χ4n) is 4.19. The van der Waals surface area contributed by atoms with Crippen LogP contribution >= 0.6 is 0 Å².